The van der Waals surface area contributed by atoms with Gasteiger partial charge < -0.3 is 14.8 Å². The Hall–Kier alpha value is -2.48. The summed E-state index contributed by atoms with van der Waals surface area (Å²) in [6, 6.07) is 3.58. The maximum absolute atomic E-state index is 12.9. The lowest BCUT2D eigenvalue weighted by Gasteiger charge is -2.63. The highest BCUT2D eigenvalue weighted by Gasteiger charge is 2.65. The molecule has 0 aliphatic heterocycles. The molecule has 4 rings (SSSR count). The van der Waals surface area contributed by atoms with Gasteiger partial charge in [-0.15, -0.1) is 0 Å². The minimum atomic E-state index is -0.476. The summed E-state index contributed by atoms with van der Waals surface area (Å²) in [7, 11) is 0. The van der Waals surface area contributed by atoms with Gasteiger partial charge in [0.15, 0.2) is 5.88 Å². The molecular weight excluding hydrogens is 376 g/mol. The molecule has 160 valence electrons. The lowest BCUT2D eigenvalue weighted by Crippen LogP contribution is -2.67. The second-order valence-electron chi connectivity index (χ2n) is 10.1. The number of fused-ring (bicyclic) bond motifs is 2. The number of carbonyl (C=O) groups is 1. The van der Waals surface area contributed by atoms with Crippen molar-refractivity contribution in [2.24, 2.45) is 22.7 Å². The summed E-state index contributed by atoms with van der Waals surface area (Å²) in [6.45, 7) is 18.5. The van der Waals surface area contributed by atoms with Gasteiger partial charge in [-0.1, -0.05) is 40.7 Å². The number of nitrogens with one attached hydrogen (secondary N) is 1. The van der Waals surface area contributed by atoms with Crippen molar-refractivity contribution in [1.29, 1.82) is 0 Å². The van der Waals surface area contributed by atoms with Crippen molar-refractivity contribution in [2.45, 2.75) is 72.3 Å². The SMILES string of the molecule is [C-]#[N+]c1ccc(OC23CCC(=O)C(C)(C)C2CCC(C)C3(C)CC)c2c[nH]c(O)c12. The van der Waals surface area contributed by atoms with E-state index in [9.17, 15) is 9.90 Å². The number of H-pyrrole nitrogens is 1. The van der Waals surface area contributed by atoms with Crippen LogP contribution >= 0.6 is 0 Å². The Morgan fingerprint density at radius 1 is 1.30 bits per heavy atom. The van der Waals surface area contributed by atoms with Crippen LogP contribution in [0.4, 0.5) is 5.69 Å². The molecular formula is C25H32N2O3. The number of aromatic nitrogens is 1. The smallest absolute Gasteiger partial charge is 0.200 e. The van der Waals surface area contributed by atoms with E-state index in [4.69, 9.17) is 11.3 Å². The minimum absolute atomic E-state index is 0.00934. The number of aromatic amines is 1. The Morgan fingerprint density at radius 2 is 2.03 bits per heavy atom. The number of nitrogens with zero attached hydrogens (tertiary/aromatic N) is 1. The average Bonchev–Trinajstić information content (AvgIpc) is 3.11. The highest BCUT2D eigenvalue weighted by molar-refractivity contribution is 6.02. The first-order valence-corrected chi connectivity index (χ1v) is 11.0. The van der Waals surface area contributed by atoms with Gasteiger partial charge in [-0.2, -0.15) is 0 Å². The van der Waals surface area contributed by atoms with E-state index in [0.717, 1.165) is 24.6 Å². The van der Waals surface area contributed by atoms with Crippen LogP contribution < -0.4 is 4.74 Å². The summed E-state index contributed by atoms with van der Waals surface area (Å²) in [5, 5.41) is 11.5. The molecule has 0 amide bonds. The molecule has 2 fully saturated rings. The van der Waals surface area contributed by atoms with Crippen molar-refractivity contribution >= 4 is 22.2 Å². The van der Waals surface area contributed by atoms with Gasteiger partial charge in [0.05, 0.1) is 12.0 Å². The molecule has 1 heterocycles. The maximum Gasteiger partial charge on any atom is 0.200 e. The average molecular weight is 409 g/mol. The molecule has 30 heavy (non-hydrogen) atoms. The molecule has 0 spiro atoms. The molecule has 0 bridgehead atoms. The van der Waals surface area contributed by atoms with Gasteiger partial charge in [0.2, 0.25) is 5.69 Å². The number of benzene rings is 1. The summed E-state index contributed by atoms with van der Waals surface area (Å²) in [4.78, 5) is 19.3. The predicted molar refractivity (Wildman–Crippen MR) is 118 cm³/mol. The van der Waals surface area contributed by atoms with Gasteiger partial charge in [-0.25, -0.2) is 4.85 Å². The third-order valence-electron chi connectivity index (χ3n) is 8.74. The molecule has 2 N–H and O–H groups in total. The number of aromatic hydroxyl groups is 1. The summed E-state index contributed by atoms with van der Waals surface area (Å²) < 4.78 is 7.05. The van der Waals surface area contributed by atoms with E-state index in [1.807, 2.05) is 6.07 Å². The number of ketones is 1. The zero-order valence-electron chi connectivity index (χ0n) is 18.6. The van der Waals surface area contributed by atoms with Crippen LogP contribution in [0.2, 0.25) is 0 Å². The molecule has 1 aromatic heterocycles. The Kier molecular flexibility index (Phi) is 4.69. The van der Waals surface area contributed by atoms with E-state index in [1.54, 1.807) is 12.3 Å². The Morgan fingerprint density at radius 3 is 2.70 bits per heavy atom. The molecule has 0 radical (unpaired) electrons. The highest BCUT2D eigenvalue weighted by Crippen LogP contribution is 2.63. The number of hydrogen-bond acceptors (Lipinski definition) is 3. The molecule has 0 saturated heterocycles. The van der Waals surface area contributed by atoms with Crippen molar-refractivity contribution in [3.05, 3.63) is 29.7 Å². The lowest BCUT2D eigenvalue weighted by atomic mass is 9.45. The van der Waals surface area contributed by atoms with Gasteiger partial charge in [-0.3, -0.25) is 4.79 Å². The molecule has 1 aromatic carbocycles. The van der Waals surface area contributed by atoms with Gasteiger partial charge in [0, 0.05) is 34.8 Å². The van der Waals surface area contributed by atoms with Gasteiger partial charge in [0.1, 0.15) is 17.1 Å². The number of Topliss-reactive ketones (excluding diaryl/α,β-unsaturated/α-hetero) is 1. The van der Waals surface area contributed by atoms with Crippen molar-refractivity contribution in [2.75, 3.05) is 0 Å². The predicted octanol–water partition coefficient (Wildman–Crippen LogP) is 6.39. The van der Waals surface area contributed by atoms with Crippen LogP contribution in [0, 0.1) is 29.2 Å². The summed E-state index contributed by atoms with van der Waals surface area (Å²) in [6.07, 6.45) is 5.97. The Bertz CT molecular complexity index is 1050. The zero-order valence-corrected chi connectivity index (χ0v) is 18.6. The molecule has 4 atom stereocenters. The van der Waals surface area contributed by atoms with Crippen LogP contribution in [0.3, 0.4) is 0 Å². The van der Waals surface area contributed by atoms with Crippen LogP contribution in [0.15, 0.2) is 18.3 Å². The van der Waals surface area contributed by atoms with Gasteiger partial charge in [-0.05, 0) is 37.7 Å². The Balaban J connectivity index is 1.92. The molecule has 2 saturated carbocycles. The monoisotopic (exact) mass is 408 g/mol. The van der Waals surface area contributed by atoms with E-state index in [0.29, 0.717) is 41.4 Å². The topological polar surface area (TPSA) is 66.7 Å². The third kappa shape index (κ3) is 2.55. The first kappa shape index (κ1) is 20.8. The van der Waals surface area contributed by atoms with Crippen LogP contribution in [0.1, 0.15) is 66.7 Å². The number of ether oxygens (including phenoxy) is 1. The van der Waals surface area contributed by atoms with Crippen LogP contribution in [-0.4, -0.2) is 21.5 Å². The number of rotatable bonds is 3. The van der Waals surface area contributed by atoms with E-state index in [2.05, 4.69) is 44.4 Å². The van der Waals surface area contributed by atoms with Gasteiger partial charge >= 0.3 is 0 Å². The molecule has 2 aliphatic rings. The largest absolute Gasteiger partial charge is 0.495 e. The summed E-state index contributed by atoms with van der Waals surface area (Å²) in [5.41, 5.74) is -0.600. The number of carbonyl (C=O) groups excluding carboxylic acids is 1. The normalized spacial score (nSPS) is 33.1. The van der Waals surface area contributed by atoms with E-state index in [1.165, 1.54) is 0 Å². The standard InChI is InChI=1S/C25H32N2O3/c1-7-24(5)15(2)8-11-19-23(3,4)20(28)12-13-25(19,24)30-18-10-9-17(26-6)21-16(18)14-27-22(21)29/h9-10,14-15,19,27,29H,7-8,11-13H2,1-5H3. The first-order chi connectivity index (χ1) is 14.1. The minimum Gasteiger partial charge on any atom is -0.495 e. The van der Waals surface area contributed by atoms with Crippen LogP contribution in [-0.2, 0) is 4.79 Å². The van der Waals surface area contributed by atoms with Crippen molar-refractivity contribution in [3.63, 3.8) is 0 Å². The second-order valence-corrected chi connectivity index (χ2v) is 10.1. The maximum atomic E-state index is 12.9. The lowest BCUT2D eigenvalue weighted by molar-refractivity contribution is -0.202. The van der Waals surface area contributed by atoms with Crippen LogP contribution in [0.25, 0.3) is 15.6 Å². The van der Waals surface area contributed by atoms with E-state index >= 15 is 0 Å². The molecule has 4 unspecified atom stereocenters. The molecule has 5 heteroatoms. The van der Waals surface area contributed by atoms with E-state index in [-0.39, 0.29) is 17.2 Å². The quantitative estimate of drug-likeness (QED) is 0.578. The summed E-state index contributed by atoms with van der Waals surface area (Å²) >= 11 is 0. The summed E-state index contributed by atoms with van der Waals surface area (Å²) in [5.74, 6) is 1.59. The first-order valence-electron chi connectivity index (χ1n) is 11.0. The highest BCUT2D eigenvalue weighted by atomic mass is 16.5. The van der Waals surface area contributed by atoms with Gasteiger partial charge in [0.25, 0.3) is 0 Å². The zero-order chi connectivity index (χ0) is 21.9. The Labute approximate surface area is 178 Å². The number of hydrogen-bond donors (Lipinski definition) is 2. The fraction of sp³-hybridized carbons (Fsp3) is 0.600. The molecule has 5 nitrogen and oxygen atoms in total. The fourth-order valence-corrected chi connectivity index (χ4v) is 6.46. The third-order valence-corrected chi connectivity index (χ3v) is 8.74. The van der Waals surface area contributed by atoms with Crippen molar-refractivity contribution in [1.82, 2.24) is 4.98 Å². The molecule has 2 aromatic rings. The molecule has 2 aliphatic carbocycles. The van der Waals surface area contributed by atoms with Crippen LogP contribution in [0.5, 0.6) is 11.6 Å². The fourth-order valence-electron chi connectivity index (χ4n) is 6.46. The van der Waals surface area contributed by atoms with Crippen molar-refractivity contribution < 1.29 is 14.6 Å². The second kappa shape index (κ2) is 6.77. The van der Waals surface area contributed by atoms with Crippen molar-refractivity contribution in [3.8, 4) is 11.6 Å². The van der Waals surface area contributed by atoms with E-state index < -0.39 is 11.0 Å².